The summed E-state index contributed by atoms with van der Waals surface area (Å²) < 4.78 is 0. The van der Waals surface area contributed by atoms with E-state index in [2.05, 4.69) is 12.2 Å². The quantitative estimate of drug-likeness (QED) is 0.175. The second kappa shape index (κ2) is 20.6. The molecule has 0 aromatic heterocycles. The number of nitrogens with one attached hydrogen (secondary N) is 1. The van der Waals surface area contributed by atoms with Crippen LogP contribution in [-0.4, -0.2) is 46.6 Å². The molecule has 0 heterocycles. The predicted octanol–water partition coefficient (Wildman–Crippen LogP) is 5.34. The van der Waals surface area contributed by atoms with Crippen LogP contribution in [0.3, 0.4) is 0 Å². The Hall–Kier alpha value is -0.650. The number of aliphatic hydroxyl groups is 2. The van der Waals surface area contributed by atoms with Gasteiger partial charge >= 0.3 is 0 Å². The number of carbonyl (C=O) groups is 1. The highest BCUT2D eigenvalue weighted by Gasteiger charge is 2.15. The van der Waals surface area contributed by atoms with Gasteiger partial charge in [0.05, 0.1) is 0 Å². The highest BCUT2D eigenvalue weighted by molar-refractivity contribution is 5.75. The molecule has 0 aromatic rings. The molecule has 174 valence electrons. The maximum Gasteiger partial charge on any atom is 0.220 e. The van der Waals surface area contributed by atoms with Crippen LogP contribution in [0, 0.1) is 0 Å². The SMILES string of the molecule is CCCCCCCCCCCCCCCCCC(=O)NCCN(C(C)O)C(C)O. The van der Waals surface area contributed by atoms with Crippen LogP contribution < -0.4 is 5.32 Å². The van der Waals surface area contributed by atoms with Crippen LogP contribution in [0.4, 0.5) is 0 Å². The Morgan fingerprint density at radius 3 is 1.48 bits per heavy atom. The van der Waals surface area contributed by atoms with Crippen LogP contribution in [0.15, 0.2) is 0 Å². The molecule has 0 aliphatic carbocycles. The number of nitrogens with zero attached hydrogens (tertiary/aromatic N) is 1. The summed E-state index contributed by atoms with van der Waals surface area (Å²) in [5.74, 6) is 0.0656. The first kappa shape index (κ1) is 28.4. The Balaban J connectivity index is 3.33. The Morgan fingerprint density at radius 1 is 0.724 bits per heavy atom. The first-order chi connectivity index (χ1) is 14.0. The number of hydrogen-bond acceptors (Lipinski definition) is 4. The Bertz CT molecular complexity index is 354. The van der Waals surface area contributed by atoms with Gasteiger partial charge in [0.2, 0.25) is 5.91 Å². The molecule has 0 saturated carbocycles. The average Bonchev–Trinajstić information content (AvgIpc) is 2.67. The summed E-state index contributed by atoms with van der Waals surface area (Å²) in [6, 6.07) is 0. The first-order valence-electron chi connectivity index (χ1n) is 12.4. The molecule has 5 heteroatoms. The van der Waals surface area contributed by atoms with Crippen molar-refractivity contribution in [3.63, 3.8) is 0 Å². The molecule has 0 radical (unpaired) electrons. The molecule has 0 bridgehead atoms. The number of carbonyl (C=O) groups excluding carboxylic acids is 1. The van der Waals surface area contributed by atoms with Crippen LogP contribution in [0.25, 0.3) is 0 Å². The summed E-state index contributed by atoms with van der Waals surface area (Å²) in [6.07, 6.45) is 19.0. The fraction of sp³-hybridized carbons (Fsp3) is 0.958. The second-order valence-electron chi connectivity index (χ2n) is 8.55. The molecule has 2 atom stereocenters. The van der Waals surface area contributed by atoms with Gasteiger partial charge in [0, 0.05) is 19.5 Å². The molecule has 0 aromatic carbocycles. The Labute approximate surface area is 180 Å². The second-order valence-corrected chi connectivity index (χ2v) is 8.55. The molecule has 0 aliphatic heterocycles. The maximum absolute atomic E-state index is 11.8. The number of aliphatic hydroxyl groups excluding tert-OH is 2. The van der Waals surface area contributed by atoms with E-state index in [1.807, 2.05) is 0 Å². The molecular formula is C24H50N2O3. The number of unbranched alkanes of at least 4 members (excludes halogenated alkanes) is 14. The Morgan fingerprint density at radius 2 is 1.10 bits per heavy atom. The van der Waals surface area contributed by atoms with E-state index in [1.165, 1.54) is 88.4 Å². The lowest BCUT2D eigenvalue weighted by atomic mass is 10.0. The summed E-state index contributed by atoms with van der Waals surface area (Å²) in [6.45, 7) is 6.40. The number of rotatable bonds is 21. The topological polar surface area (TPSA) is 72.8 Å². The van der Waals surface area contributed by atoms with Gasteiger partial charge in [-0.05, 0) is 20.3 Å². The minimum atomic E-state index is -0.720. The van der Waals surface area contributed by atoms with E-state index in [9.17, 15) is 15.0 Å². The van der Waals surface area contributed by atoms with E-state index >= 15 is 0 Å². The molecule has 0 saturated heterocycles. The zero-order valence-electron chi connectivity index (χ0n) is 19.6. The van der Waals surface area contributed by atoms with Crippen molar-refractivity contribution in [3.05, 3.63) is 0 Å². The molecule has 0 aliphatic rings. The summed E-state index contributed by atoms with van der Waals surface area (Å²) in [4.78, 5) is 13.4. The maximum atomic E-state index is 11.8. The molecule has 0 rings (SSSR count). The van der Waals surface area contributed by atoms with E-state index in [0.717, 1.165) is 12.8 Å². The van der Waals surface area contributed by atoms with Gasteiger partial charge in [-0.1, -0.05) is 96.8 Å². The summed E-state index contributed by atoms with van der Waals surface area (Å²) in [5, 5.41) is 22.0. The molecule has 0 fully saturated rings. The van der Waals surface area contributed by atoms with Crippen LogP contribution >= 0.6 is 0 Å². The van der Waals surface area contributed by atoms with Crippen molar-refractivity contribution in [1.29, 1.82) is 0 Å². The zero-order valence-corrected chi connectivity index (χ0v) is 19.6. The van der Waals surface area contributed by atoms with Crippen LogP contribution in [0.5, 0.6) is 0 Å². The standard InChI is InChI=1S/C24H50N2O3/c1-4-5-6-7-8-9-10-11-12-13-14-15-16-17-18-19-24(29)25-20-21-26(22(2)27)23(3)28/h22-23,27-28H,4-21H2,1-3H3,(H,25,29). The highest BCUT2D eigenvalue weighted by atomic mass is 16.3. The van der Waals surface area contributed by atoms with Crippen molar-refractivity contribution in [2.45, 2.75) is 136 Å². The van der Waals surface area contributed by atoms with Gasteiger partial charge in [-0.15, -0.1) is 0 Å². The summed E-state index contributed by atoms with van der Waals surface area (Å²) in [5.41, 5.74) is 0. The van der Waals surface area contributed by atoms with Gasteiger partial charge in [0.1, 0.15) is 12.5 Å². The molecule has 0 spiro atoms. The lowest BCUT2D eigenvalue weighted by Gasteiger charge is -2.27. The van der Waals surface area contributed by atoms with Gasteiger partial charge in [0.15, 0.2) is 0 Å². The molecule has 2 unspecified atom stereocenters. The van der Waals surface area contributed by atoms with E-state index < -0.39 is 12.5 Å². The van der Waals surface area contributed by atoms with Crippen molar-refractivity contribution < 1.29 is 15.0 Å². The van der Waals surface area contributed by atoms with Crippen LogP contribution in [0.2, 0.25) is 0 Å². The normalized spacial score (nSPS) is 13.6. The van der Waals surface area contributed by atoms with Crippen molar-refractivity contribution in [2.24, 2.45) is 0 Å². The van der Waals surface area contributed by atoms with E-state index in [0.29, 0.717) is 19.5 Å². The third-order valence-corrected chi connectivity index (χ3v) is 5.66. The van der Waals surface area contributed by atoms with Crippen molar-refractivity contribution in [2.75, 3.05) is 13.1 Å². The third-order valence-electron chi connectivity index (χ3n) is 5.66. The van der Waals surface area contributed by atoms with Crippen LogP contribution in [0.1, 0.15) is 124 Å². The fourth-order valence-corrected chi connectivity index (χ4v) is 3.76. The van der Waals surface area contributed by atoms with Gasteiger partial charge in [-0.25, -0.2) is 0 Å². The van der Waals surface area contributed by atoms with E-state index in [-0.39, 0.29) is 5.91 Å². The summed E-state index contributed by atoms with van der Waals surface area (Å²) >= 11 is 0. The highest BCUT2D eigenvalue weighted by Crippen LogP contribution is 2.13. The fourth-order valence-electron chi connectivity index (χ4n) is 3.76. The molecule has 29 heavy (non-hydrogen) atoms. The van der Waals surface area contributed by atoms with Gasteiger partial charge in [-0.2, -0.15) is 0 Å². The average molecular weight is 415 g/mol. The molecule has 3 N–H and O–H groups in total. The van der Waals surface area contributed by atoms with Crippen LogP contribution in [-0.2, 0) is 4.79 Å². The minimum absolute atomic E-state index is 0.0656. The van der Waals surface area contributed by atoms with Gasteiger partial charge in [0.25, 0.3) is 0 Å². The van der Waals surface area contributed by atoms with Crippen molar-refractivity contribution in [3.8, 4) is 0 Å². The zero-order chi connectivity index (χ0) is 21.7. The van der Waals surface area contributed by atoms with Crippen molar-refractivity contribution >= 4 is 5.91 Å². The van der Waals surface area contributed by atoms with Crippen molar-refractivity contribution in [1.82, 2.24) is 10.2 Å². The predicted molar refractivity (Wildman–Crippen MR) is 123 cm³/mol. The number of hydrogen-bond donors (Lipinski definition) is 3. The lowest BCUT2D eigenvalue weighted by molar-refractivity contribution is -0.122. The molecular weight excluding hydrogens is 364 g/mol. The summed E-state index contributed by atoms with van der Waals surface area (Å²) in [7, 11) is 0. The molecule has 5 nitrogen and oxygen atoms in total. The first-order valence-corrected chi connectivity index (χ1v) is 12.4. The minimum Gasteiger partial charge on any atom is -0.379 e. The van der Waals surface area contributed by atoms with E-state index in [1.54, 1.807) is 13.8 Å². The van der Waals surface area contributed by atoms with Gasteiger partial charge < -0.3 is 15.5 Å². The lowest BCUT2D eigenvalue weighted by Crippen LogP contribution is -2.44. The number of amides is 1. The largest absolute Gasteiger partial charge is 0.379 e. The van der Waals surface area contributed by atoms with Gasteiger partial charge in [-0.3, -0.25) is 9.69 Å². The van der Waals surface area contributed by atoms with E-state index in [4.69, 9.17) is 0 Å². The third kappa shape index (κ3) is 19.1. The Kier molecular flexibility index (Phi) is 20.2. The smallest absolute Gasteiger partial charge is 0.220 e. The molecule has 1 amide bonds. The monoisotopic (exact) mass is 414 g/mol.